The van der Waals surface area contributed by atoms with Crippen LogP contribution in [0.3, 0.4) is 0 Å². The summed E-state index contributed by atoms with van der Waals surface area (Å²) in [5.74, 6) is -0.592. The molecule has 1 heterocycles. The largest absolute Gasteiger partial charge is 0.274 e. The maximum Gasteiger partial charge on any atom is 0.266 e. The summed E-state index contributed by atoms with van der Waals surface area (Å²) in [5.41, 5.74) is -0.188. The number of hydrogen-bond donors (Lipinski definition) is 0. The van der Waals surface area contributed by atoms with E-state index in [9.17, 15) is 18.0 Å². The molecule has 2 amide bonds. The van der Waals surface area contributed by atoms with Crippen LogP contribution in [0, 0.1) is 5.41 Å². The Morgan fingerprint density at radius 3 is 2.14 bits per heavy atom. The molecule has 1 spiro atoms. The second kappa shape index (κ2) is 6.04. The number of carbonyl (C=O) groups is 2. The van der Waals surface area contributed by atoms with E-state index in [0.29, 0.717) is 25.7 Å². The van der Waals surface area contributed by atoms with Gasteiger partial charge in [-0.1, -0.05) is 26.2 Å². The average molecular weight is 317 g/mol. The molecule has 1 atom stereocenters. The Balaban J connectivity index is 2.17. The lowest BCUT2D eigenvalue weighted by molar-refractivity contribution is -0.163. The van der Waals surface area contributed by atoms with E-state index < -0.39 is 16.3 Å². The second-order valence-corrected chi connectivity index (χ2v) is 7.86. The molecular formula is C14H23NO5S. The number of nitrogens with zero attached hydrogens (tertiary/aromatic N) is 1. The van der Waals surface area contributed by atoms with Crippen molar-refractivity contribution < 1.29 is 22.2 Å². The summed E-state index contributed by atoms with van der Waals surface area (Å²) in [5, 5.41) is 0. The van der Waals surface area contributed by atoms with Crippen molar-refractivity contribution in [3.8, 4) is 0 Å². The topological polar surface area (TPSA) is 80.8 Å². The van der Waals surface area contributed by atoms with Gasteiger partial charge in [0, 0.05) is 12.8 Å². The highest BCUT2D eigenvalue weighted by Gasteiger charge is 2.47. The molecule has 2 fully saturated rings. The third-order valence-electron chi connectivity index (χ3n) is 4.36. The van der Waals surface area contributed by atoms with Gasteiger partial charge in [-0.3, -0.25) is 14.5 Å². The van der Waals surface area contributed by atoms with Crippen LogP contribution in [0.5, 0.6) is 0 Å². The summed E-state index contributed by atoms with van der Waals surface area (Å²) in [6.07, 6.45) is 5.47. The predicted molar refractivity (Wildman–Crippen MR) is 76.6 cm³/mol. The Hall–Kier alpha value is -0.950. The SMILES string of the molecule is CCCC(OS(C)(=O)=O)N1C(=O)CC2(CCCC2)CC1=O. The van der Waals surface area contributed by atoms with E-state index in [-0.39, 0.29) is 17.2 Å². The van der Waals surface area contributed by atoms with E-state index in [1.807, 2.05) is 6.92 Å². The predicted octanol–water partition coefficient (Wildman–Crippen LogP) is 1.80. The molecule has 2 aliphatic rings. The zero-order valence-electron chi connectivity index (χ0n) is 12.6. The minimum atomic E-state index is -3.72. The minimum absolute atomic E-state index is 0.188. The zero-order valence-corrected chi connectivity index (χ0v) is 13.4. The Morgan fingerprint density at radius 1 is 1.19 bits per heavy atom. The number of amides is 2. The summed E-state index contributed by atoms with van der Waals surface area (Å²) < 4.78 is 27.7. The van der Waals surface area contributed by atoms with Gasteiger partial charge in [-0.25, -0.2) is 4.18 Å². The minimum Gasteiger partial charge on any atom is -0.274 e. The van der Waals surface area contributed by atoms with Crippen LogP contribution in [0.2, 0.25) is 0 Å². The Kier molecular flexibility index (Phi) is 4.72. The van der Waals surface area contributed by atoms with Crippen molar-refractivity contribution in [1.82, 2.24) is 4.90 Å². The van der Waals surface area contributed by atoms with Crippen LogP contribution in [0.15, 0.2) is 0 Å². The lowest BCUT2D eigenvalue weighted by Gasteiger charge is -2.40. The first-order valence-electron chi connectivity index (χ1n) is 7.49. The molecule has 1 aliphatic heterocycles. The Labute approximate surface area is 126 Å². The van der Waals surface area contributed by atoms with Gasteiger partial charge in [-0.2, -0.15) is 8.42 Å². The lowest BCUT2D eigenvalue weighted by Crippen LogP contribution is -2.53. The third-order valence-corrected chi connectivity index (χ3v) is 4.94. The lowest BCUT2D eigenvalue weighted by atomic mass is 9.76. The summed E-state index contributed by atoms with van der Waals surface area (Å²) >= 11 is 0. The number of hydrogen-bond acceptors (Lipinski definition) is 5. The fourth-order valence-corrected chi connectivity index (χ4v) is 4.07. The maximum atomic E-state index is 12.4. The highest BCUT2D eigenvalue weighted by Crippen LogP contribution is 2.47. The second-order valence-electron chi connectivity index (χ2n) is 6.26. The quantitative estimate of drug-likeness (QED) is 0.570. The number of rotatable bonds is 5. The van der Waals surface area contributed by atoms with Crippen molar-refractivity contribution in [3.63, 3.8) is 0 Å². The molecule has 0 aromatic carbocycles. The van der Waals surface area contributed by atoms with Gasteiger partial charge in [0.25, 0.3) is 10.1 Å². The summed E-state index contributed by atoms with van der Waals surface area (Å²) in [6, 6.07) is 0. The Morgan fingerprint density at radius 2 is 1.71 bits per heavy atom. The zero-order chi connectivity index (χ0) is 15.7. The van der Waals surface area contributed by atoms with E-state index in [1.54, 1.807) is 0 Å². The average Bonchev–Trinajstić information content (AvgIpc) is 2.74. The molecule has 0 aromatic heterocycles. The van der Waals surface area contributed by atoms with Gasteiger partial charge in [0.2, 0.25) is 11.8 Å². The summed E-state index contributed by atoms with van der Waals surface area (Å²) in [7, 11) is -3.72. The van der Waals surface area contributed by atoms with Crippen LogP contribution in [0.25, 0.3) is 0 Å². The fraction of sp³-hybridized carbons (Fsp3) is 0.857. The highest BCUT2D eigenvalue weighted by molar-refractivity contribution is 7.86. The normalized spacial score (nSPS) is 23.8. The maximum absolute atomic E-state index is 12.4. The monoisotopic (exact) mass is 317 g/mol. The van der Waals surface area contributed by atoms with E-state index in [0.717, 1.165) is 36.8 Å². The number of carbonyl (C=O) groups excluding carboxylic acids is 2. The van der Waals surface area contributed by atoms with Gasteiger partial charge in [-0.15, -0.1) is 0 Å². The number of likely N-dealkylation sites (tertiary alicyclic amines) is 1. The molecular weight excluding hydrogens is 294 g/mol. The van der Waals surface area contributed by atoms with Crippen LogP contribution in [-0.2, 0) is 23.9 Å². The van der Waals surface area contributed by atoms with E-state index in [1.165, 1.54) is 0 Å². The molecule has 21 heavy (non-hydrogen) atoms. The molecule has 0 N–H and O–H groups in total. The van der Waals surface area contributed by atoms with Gasteiger partial charge < -0.3 is 0 Å². The first kappa shape index (κ1) is 16.4. The molecule has 1 saturated carbocycles. The first-order valence-corrected chi connectivity index (χ1v) is 9.31. The molecule has 1 saturated heterocycles. The molecule has 0 aromatic rings. The number of imide groups is 1. The van der Waals surface area contributed by atoms with Crippen LogP contribution >= 0.6 is 0 Å². The fourth-order valence-electron chi connectivity index (χ4n) is 3.48. The van der Waals surface area contributed by atoms with Crippen LogP contribution in [0.4, 0.5) is 0 Å². The van der Waals surface area contributed by atoms with Gasteiger partial charge in [0.05, 0.1) is 6.26 Å². The van der Waals surface area contributed by atoms with Gasteiger partial charge >= 0.3 is 0 Å². The molecule has 0 radical (unpaired) electrons. The Bertz CT molecular complexity index is 501. The van der Waals surface area contributed by atoms with Crippen molar-refractivity contribution in [2.45, 2.75) is 64.5 Å². The first-order chi connectivity index (χ1) is 9.76. The molecule has 7 heteroatoms. The standard InChI is InChI=1S/C14H23NO5S/c1-3-6-13(20-21(2,18)19)15-11(16)9-14(10-12(15)17)7-4-5-8-14/h13H,3-10H2,1-2H3. The van der Waals surface area contributed by atoms with Crippen LogP contribution in [-0.4, -0.2) is 37.6 Å². The molecule has 1 aliphatic carbocycles. The van der Waals surface area contributed by atoms with Crippen molar-refractivity contribution >= 4 is 21.9 Å². The highest BCUT2D eigenvalue weighted by atomic mass is 32.2. The van der Waals surface area contributed by atoms with E-state index >= 15 is 0 Å². The molecule has 120 valence electrons. The van der Waals surface area contributed by atoms with Crippen LogP contribution < -0.4 is 0 Å². The van der Waals surface area contributed by atoms with Crippen molar-refractivity contribution in [2.24, 2.45) is 5.41 Å². The van der Waals surface area contributed by atoms with E-state index in [4.69, 9.17) is 4.18 Å². The summed E-state index contributed by atoms with van der Waals surface area (Å²) in [6.45, 7) is 1.86. The summed E-state index contributed by atoms with van der Waals surface area (Å²) in [4.78, 5) is 25.8. The number of piperidine rings is 1. The molecule has 0 bridgehead atoms. The third kappa shape index (κ3) is 3.83. The van der Waals surface area contributed by atoms with Gasteiger partial charge in [0.1, 0.15) is 0 Å². The van der Waals surface area contributed by atoms with Crippen LogP contribution in [0.1, 0.15) is 58.3 Å². The van der Waals surface area contributed by atoms with Crippen molar-refractivity contribution in [2.75, 3.05) is 6.26 Å². The molecule has 1 unspecified atom stereocenters. The van der Waals surface area contributed by atoms with Gasteiger partial charge in [0.15, 0.2) is 6.23 Å². The smallest absolute Gasteiger partial charge is 0.266 e. The van der Waals surface area contributed by atoms with E-state index in [2.05, 4.69) is 0 Å². The van der Waals surface area contributed by atoms with Crippen molar-refractivity contribution in [1.29, 1.82) is 0 Å². The molecule has 6 nitrogen and oxygen atoms in total. The van der Waals surface area contributed by atoms with Crippen molar-refractivity contribution in [3.05, 3.63) is 0 Å². The van der Waals surface area contributed by atoms with Gasteiger partial charge in [-0.05, 0) is 24.7 Å². The molecule has 2 rings (SSSR count).